The van der Waals surface area contributed by atoms with E-state index in [1.807, 2.05) is 0 Å². The van der Waals surface area contributed by atoms with Crippen molar-refractivity contribution in [1.82, 2.24) is 4.72 Å². The Bertz CT molecular complexity index is 554. The first-order chi connectivity index (χ1) is 8.88. The van der Waals surface area contributed by atoms with Crippen LogP contribution in [0.5, 0.6) is 0 Å². The van der Waals surface area contributed by atoms with Crippen LogP contribution in [-0.4, -0.2) is 14.5 Å². The predicted octanol–water partition coefficient (Wildman–Crippen LogP) is 3.34. The van der Waals surface area contributed by atoms with Gasteiger partial charge in [-0.05, 0) is 49.8 Å². The average molecular weight is 306 g/mol. The summed E-state index contributed by atoms with van der Waals surface area (Å²) in [6, 6.07) is 3.49. The van der Waals surface area contributed by atoms with Crippen LogP contribution in [0.4, 0.5) is 4.39 Å². The Morgan fingerprint density at radius 3 is 2.47 bits per heavy atom. The molecule has 0 heterocycles. The molecule has 1 N–H and O–H groups in total. The Labute approximate surface area is 118 Å². The van der Waals surface area contributed by atoms with E-state index in [-0.39, 0.29) is 16.0 Å². The van der Waals surface area contributed by atoms with E-state index in [1.165, 1.54) is 12.1 Å². The van der Waals surface area contributed by atoms with Crippen molar-refractivity contribution in [3.63, 3.8) is 0 Å². The zero-order chi connectivity index (χ0) is 14.0. The monoisotopic (exact) mass is 305 g/mol. The Morgan fingerprint density at radius 1 is 1.26 bits per heavy atom. The lowest BCUT2D eigenvalue weighted by molar-refractivity contribution is 0.332. The highest BCUT2D eigenvalue weighted by Gasteiger charge is 2.26. The van der Waals surface area contributed by atoms with E-state index in [1.54, 1.807) is 0 Å². The Kier molecular flexibility index (Phi) is 4.48. The SMILES string of the molecule is CC1CCC(NS(=O)(=O)c2ccc(Cl)cc2F)CC1. The van der Waals surface area contributed by atoms with Crippen LogP contribution < -0.4 is 4.72 Å². The lowest BCUT2D eigenvalue weighted by Gasteiger charge is -2.26. The normalized spacial score (nSPS) is 24.4. The van der Waals surface area contributed by atoms with Crippen molar-refractivity contribution >= 4 is 21.6 Å². The summed E-state index contributed by atoms with van der Waals surface area (Å²) in [7, 11) is -3.81. The average Bonchev–Trinajstić information content (AvgIpc) is 2.31. The number of benzene rings is 1. The van der Waals surface area contributed by atoms with E-state index >= 15 is 0 Å². The summed E-state index contributed by atoms with van der Waals surface area (Å²) in [5.74, 6) is -0.183. The molecule has 1 aromatic carbocycles. The third-order valence-electron chi connectivity index (χ3n) is 3.52. The van der Waals surface area contributed by atoms with Gasteiger partial charge in [-0.25, -0.2) is 17.5 Å². The summed E-state index contributed by atoms with van der Waals surface area (Å²) in [4.78, 5) is -0.337. The molecule has 1 aliphatic rings. The highest BCUT2D eigenvalue weighted by Crippen LogP contribution is 2.25. The van der Waals surface area contributed by atoms with Gasteiger partial charge in [0.1, 0.15) is 10.7 Å². The van der Waals surface area contributed by atoms with Gasteiger partial charge in [-0.3, -0.25) is 0 Å². The second-order valence-corrected chi connectivity index (χ2v) is 7.27. The van der Waals surface area contributed by atoms with E-state index in [9.17, 15) is 12.8 Å². The lowest BCUT2D eigenvalue weighted by atomic mass is 9.88. The largest absolute Gasteiger partial charge is 0.243 e. The number of hydrogen-bond donors (Lipinski definition) is 1. The van der Waals surface area contributed by atoms with E-state index < -0.39 is 15.8 Å². The molecule has 1 aromatic rings. The zero-order valence-electron chi connectivity index (χ0n) is 10.7. The molecule has 0 spiro atoms. The highest BCUT2D eigenvalue weighted by molar-refractivity contribution is 7.89. The van der Waals surface area contributed by atoms with E-state index in [0.717, 1.165) is 31.7 Å². The van der Waals surface area contributed by atoms with Gasteiger partial charge in [0, 0.05) is 11.1 Å². The molecule has 1 saturated carbocycles. The van der Waals surface area contributed by atoms with Crippen molar-refractivity contribution in [3.05, 3.63) is 29.0 Å². The van der Waals surface area contributed by atoms with Gasteiger partial charge >= 0.3 is 0 Å². The molecule has 0 aromatic heterocycles. The van der Waals surface area contributed by atoms with Gasteiger partial charge in [0.25, 0.3) is 0 Å². The Hall–Kier alpha value is -0.650. The van der Waals surface area contributed by atoms with Crippen LogP contribution in [0.25, 0.3) is 0 Å². The summed E-state index contributed by atoms with van der Waals surface area (Å²) in [5, 5.41) is 0.183. The van der Waals surface area contributed by atoms with E-state index in [0.29, 0.717) is 5.92 Å². The van der Waals surface area contributed by atoms with Crippen molar-refractivity contribution < 1.29 is 12.8 Å². The molecule has 19 heavy (non-hydrogen) atoms. The first-order valence-corrected chi connectivity index (χ1v) is 8.22. The minimum Gasteiger partial charge on any atom is -0.208 e. The van der Waals surface area contributed by atoms with Gasteiger partial charge in [0.2, 0.25) is 10.0 Å². The minimum absolute atomic E-state index is 0.101. The molecule has 0 atom stereocenters. The van der Waals surface area contributed by atoms with Gasteiger partial charge < -0.3 is 0 Å². The van der Waals surface area contributed by atoms with Crippen molar-refractivity contribution in [2.45, 2.75) is 43.5 Å². The molecule has 2 rings (SSSR count). The smallest absolute Gasteiger partial charge is 0.208 e. The third-order valence-corrected chi connectivity index (χ3v) is 5.31. The van der Waals surface area contributed by atoms with Crippen LogP contribution in [0.1, 0.15) is 32.6 Å². The molecule has 0 bridgehead atoms. The van der Waals surface area contributed by atoms with Gasteiger partial charge in [0.15, 0.2) is 0 Å². The number of halogens is 2. The van der Waals surface area contributed by atoms with Crippen LogP contribution in [0, 0.1) is 11.7 Å². The number of rotatable bonds is 3. The van der Waals surface area contributed by atoms with Crippen LogP contribution in [0.2, 0.25) is 5.02 Å². The fourth-order valence-electron chi connectivity index (χ4n) is 2.35. The van der Waals surface area contributed by atoms with Gasteiger partial charge in [-0.15, -0.1) is 0 Å². The molecule has 0 aliphatic heterocycles. The van der Waals surface area contributed by atoms with Crippen molar-refractivity contribution in [3.8, 4) is 0 Å². The van der Waals surface area contributed by atoms with Crippen LogP contribution in [-0.2, 0) is 10.0 Å². The molecule has 0 saturated heterocycles. The van der Waals surface area contributed by atoms with E-state index in [2.05, 4.69) is 11.6 Å². The van der Waals surface area contributed by atoms with Crippen molar-refractivity contribution in [2.24, 2.45) is 5.92 Å². The zero-order valence-corrected chi connectivity index (χ0v) is 12.3. The number of hydrogen-bond acceptors (Lipinski definition) is 2. The van der Waals surface area contributed by atoms with Crippen molar-refractivity contribution in [1.29, 1.82) is 0 Å². The Balaban J connectivity index is 2.14. The first-order valence-electron chi connectivity index (χ1n) is 6.36. The predicted molar refractivity (Wildman–Crippen MR) is 73.2 cm³/mol. The molecular weight excluding hydrogens is 289 g/mol. The van der Waals surface area contributed by atoms with Crippen LogP contribution in [0.3, 0.4) is 0 Å². The number of nitrogens with one attached hydrogen (secondary N) is 1. The maximum Gasteiger partial charge on any atom is 0.243 e. The second-order valence-electron chi connectivity index (χ2n) is 5.15. The standard InChI is InChI=1S/C13H17ClFNO2S/c1-9-2-5-11(6-3-9)16-19(17,18)13-7-4-10(14)8-12(13)15/h4,7-9,11,16H,2-3,5-6H2,1H3. The summed E-state index contributed by atoms with van der Waals surface area (Å²) < 4.78 is 40.5. The van der Waals surface area contributed by atoms with Gasteiger partial charge in [0.05, 0.1) is 0 Å². The lowest BCUT2D eigenvalue weighted by Crippen LogP contribution is -2.37. The first kappa shape index (κ1) is 14.8. The van der Waals surface area contributed by atoms with Crippen molar-refractivity contribution in [2.75, 3.05) is 0 Å². The minimum atomic E-state index is -3.81. The Morgan fingerprint density at radius 2 is 1.89 bits per heavy atom. The summed E-state index contributed by atoms with van der Waals surface area (Å²) in [6.07, 6.45) is 3.60. The summed E-state index contributed by atoms with van der Waals surface area (Å²) >= 11 is 5.62. The molecule has 6 heteroatoms. The topological polar surface area (TPSA) is 46.2 Å². The fraction of sp³-hybridized carbons (Fsp3) is 0.538. The fourth-order valence-corrected chi connectivity index (χ4v) is 3.88. The molecule has 3 nitrogen and oxygen atoms in total. The molecule has 0 amide bonds. The number of sulfonamides is 1. The van der Waals surface area contributed by atoms with Crippen LogP contribution >= 0.6 is 11.6 Å². The van der Waals surface area contributed by atoms with Gasteiger partial charge in [-0.1, -0.05) is 18.5 Å². The molecule has 1 aliphatic carbocycles. The molecule has 1 fully saturated rings. The maximum atomic E-state index is 13.7. The highest BCUT2D eigenvalue weighted by atomic mass is 35.5. The van der Waals surface area contributed by atoms with Gasteiger partial charge in [-0.2, -0.15) is 0 Å². The third kappa shape index (κ3) is 3.68. The molecule has 0 unspecified atom stereocenters. The summed E-state index contributed by atoms with van der Waals surface area (Å²) in [6.45, 7) is 2.16. The quantitative estimate of drug-likeness (QED) is 0.931. The molecular formula is C13H17ClFNO2S. The van der Waals surface area contributed by atoms with Crippen LogP contribution in [0.15, 0.2) is 23.1 Å². The van der Waals surface area contributed by atoms with E-state index in [4.69, 9.17) is 11.6 Å². The molecule has 106 valence electrons. The maximum absolute atomic E-state index is 13.7. The second kappa shape index (κ2) is 5.77. The summed E-state index contributed by atoms with van der Waals surface area (Å²) in [5.41, 5.74) is 0. The molecule has 0 radical (unpaired) electrons.